The first-order chi connectivity index (χ1) is 14.1. The van der Waals surface area contributed by atoms with E-state index in [1.807, 2.05) is 68.4 Å². The van der Waals surface area contributed by atoms with Crippen LogP contribution < -0.4 is 5.32 Å². The zero-order chi connectivity index (χ0) is 20.4. The standard InChI is InChI=1S/C25H25NO3/c1-16-9-6-7-12-19(16)23-22(25(28)29-15-18-10-4-3-5-11-18)17(2)26-20-13-8-14-21(27)24(20)23/h3-7,9-12,23,26H,8,13-15H2,1-2H3/t23-/m1/s1. The summed E-state index contributed by atoms with van der Waals surface area (Å²) in [5.41, 5.74) is 5.96. The summed E-state index contributed by atoms with van der Waals surface area (Å²) in [6.07, 6.45) is 2.19. The number of ketones is 1. The number of hydrogen-bond acceptors (Lipinski definition) is 4. The van der Waals surface area contributed by atoms with Gasteiger partial charge in [-0.2, -0.15) is 0 Å². The van der Waals surface area contributed by atoms with Crippen LogP contribution in [-0.4, -0.2) is 11.8 Å². The Labute approximate surface area is 171 Å². The Morgan fingerprint density at radius 1 is 1.03 bits per heavy atom. The van der Waals surface area contributed by atoms with Crippen LogP contribution in [-0.2, 0) is 20.9 Å². The molecule has 0 fully saturated rings. The molecule has 1 N–H and O–H groups in total. The molecule has 0 amide bonds. The van der Waals surface area contributed by atoms with Crippen molar-refractivity contribution in [2.24, 2.45) is 0 Å². The first-order valence-corrected chi connectivity index (χ1v) is 10.1. The van der Waals surface area contributed by atoms with Gasteiger partial charge in [0.1, 0.15) is 6.61 Å². The number of esters is 1. The number of dihydropyridines is 1. The van der Waals surface area contributed by atoms with Crippen LogP contribution in [0.15, 0.2) is 77.1 Å². The molecule has 0 spiro atoms. The van der Waals surface area contributed by atoms with Crippen molar-refractivity contribution in [3.05, 3.63) is 93.8 Å². The number of aryl methyl sites for hydroxylation is 1. The fourth-order valence-electron chi connectivity index (χ4n) is 4.28. The van der Waals surface area contributed by atoms with E-state index in [-0.39, 0.29) is 24.3 Å². The fraction of sp³-hybridized carbons (Fsp3) is 0.280. The van der Waals surface area contributed by atoms with Gasteiger partial charge in [0, 0.05) is 29.3 Å². The molecule has 1 aliphatic carbocycles. The summed E-state index contributed by atoms with van der Waals surface area (Å²) in [6.45, 7) is 4.12. The summed E-state index contributed by atoms with van der Waals surface area (Å²) in [5.74, 6) is -0.645. The van der Waals surface area contributed by atoms with Crippen LogP contribution in [0.2, 0.25) is 0 Å². The number of hydrogen-bond donors (Lipinski definition) is 1. The molecule has 0 saturated carbocycles. The number of carbonyl (C=O) groups is 2. The normalized spacial score (nSPS) is 19.0. The number of nitrogens with one attached hydrogen (secondary N) is 1. The van der Waals surface area contributed by atoms with E-state index < -0.39 is 0 Å². The van der Waals surface area contributed by atoms with E-state index in [0.717, 1.165) is 46.5 Å². The Kier molecular flexibility index (Phi) is 5.34. The van der Waals surface area contributed by atoms with Crippen LogP contribution in [0, 0.1) is 6.92 Å². The van der Waals surface area contributed by atoms with Gasteiger partial charge in [0.2, 0.25) is 0 Å². The Bertz CT molecular complexity index is 1020. The highest BCUT2D eigenvalue weighted by atomic mass is 16.5. The molecule has 1 heterocycles. The summed E-state index contributed by atoms with van der Waals surface area (Å²) in [7, 11) is 0. The third-order valence-corrected chi connectivity index (χ3v) is 5.71. The average molecular weight is 387 g/mol. The van der Waals surface area contributed by atoms with Gasteiger partial charge in [-0.1, -0.05) is 54.6 Å². The van der Waals surface area contributed by atoms with E-state index in [1.54, 1.807) is 0 Å². The maximum absolute atomic E-state index is 13.2. The van der Waals surface area contributed by atoms with Gasteiger partial charge in [-0.3, -0.25) is 4.79 Å². The molecule has 148 valence electrons. The monoisotopic (exact) mass is 387 g/mol. The third-order valence-electron chi connectivity index (χ3n) is 5.71. The second-order valence-electron chi connectivity index (χ2n) is 7.68. The molecule has 0 radical (unpaired) electrons. The lowest BCUT2D eigenvalue weighted by atomic mass is 9.74. The largest absolute Gasteiger partial charge is 0.457 e. The van der Waals surface area contributed by atoms with Crippen molar-refractivity contribution in [1.82, 2.24) is 5.32 Å². The van der Waals surface area contributed by atoms with Crippen molar-refractivity contribution in [2.75, 3.05) is 0 Å². The Hall–Kier alpha value is -3.14. The second kappa shape index (κ2) is 8.08. The molecule has 4 heteroatoms. The highest BCUT2D eigenvalue weighted by molar-refractivity contribution is 6.03. The molecule has 1 aliphatic heterocycles. The Morgan fingerprint density at radius 2 is 1.76 bits per heavy atom. The minimum absolute atomic E-state index is 0.118. The van der Waals surface area contributed by atoms with E-state index >= 15 is 0 Å². The predicted molar refractivity (Wildman–Crippen MR) is 112 cm³/mol. The lowest BCUT2D eigenvalue weighted by molar-refractivity contribution is -0.140. The minimum atomic E-state index is -0.386. The van der Waals surface area contributed by atoms with Gasteiger partial charge >= 0.3 is 5.97 Å². The molecular weight excluding hydrogens is 362 g/mol. The lowest BCUT2D eigenvalue weighted by Crippen LogP contribution is -2.34. The lowest BCUT2D eigenvalue weighted by Gasteiger charge is -2.34. The van der Waals surface area contributed by atoms with Gasteiger partial charge < -0.3 is 10.1 Å². The maximum atomic E-state index is 13.2. The van der Waals surface area contributed by atoms with Crippen LogP contribution in [0.5, 0.6) is 0 Å². The van der Waals surface area contributed by atoms with E-state index in [1.165, 1.54) is 0 Å². The molecule has 4 rings (SSSR count). The van der Waals surface area contributed by atoms with E-state index in [4.69, 9.17) is 4.74 Å². The first-order valence-electron chi connectivity index (χ1n) is 10.1. The maximum Gasteiger partial charge on any atom is 0.337 e. The number of carbonyl (C=O) groups excluding carboxylic acids is 2. The minimum Gasteiger partial charge on any atom is -0.457 e. The number of benzene rings is 2. The molecule has 2 aliphatic rings. The molecule has 1 atom stereocenters. The van der Waals surface area contributed by atoms with Gasteiger partial charge in [-0.25, -0.2) is 4.79 Å². The number of rotatable bonds is 4. The van der Waals surface area contributed by atoms with Gasteiger partial charge in [-0.05, 0) is 43.4 Å². The zero-order valence-corrected chi connectivity index (χ0v) is 16.8. The average Bonchev–Trinajstić information content (AvgIpc) is 2.72. The van der Waals surface area contributed by atoms with Crippen molar-refractivity contribution >= 4 is 11.8 Å². The van der Waals surface area contributed by atoms with Crippen LogP contribution >= 0.6 is 0 Å². The molecule has 0 unspecified atom stereocenters. The van der Waals surface area contributed by atoms with Gasteiger partial charge in [0.25, 0.3) is 0 Å². The van der Waals surface area contributed by atoms with Crippen molar-refractivity contribution in [1.29, 1.82) is 0 Å². The summed E-state index contributed by atoms with van der Waals surface area (Å²) in [5, 5.41) is 3.33. The summed E-state index contributed by atoms with van der Waals surface area (Å²) in [6, 6.07) is 17.6. The number of ether oxygens (including phenoxy) is 1. The van der Waals surface area contributed by atoms with Crippen LogP contribution in [0.3, 0.4) is 0 Å². The summed E-state index contributed by atoms with van der Waals surface area (Å²) in [4.78, 5) is 26.1. The smallest absolute Gasteiger partial charge is 0.337 e. The Balaban J connectivity index is 1.73. The molecule has 0 aromatic heterocycles. The molecule has 29 heavy (non-hydrogen) atoms. The molecule has 0 bridgehead atoms. The predicted octanol–water partition coefficient (Wildman–Crippen LogP) is 4.71. The summed E-state index contributed by atoms with van der Waals surface area (Å²) < 4.78 is 5.67. The highest BCUT2D eigenvalue weighted by Crippen LogP contribution is 2.43. The topological polar surface area (TPSA) is 55.4 Å². The van der Waals surface area contributed by atoms with Crippen molar-refractivity contribution in [3.63, 3.8) is 0 Å². The van der Waals surface area contributed by atoms with Crippen molar-refractivity contribution in [2.45, 2.75) is 45.6 Å². The van der Waals surface area contributed by atoms with Crippen LogP contribution in [0.4, 0.5) is 0 Å². The summed E-state index contributed by atoms with van der Waals surface area (Å²) >= 11 is 0. The second-order valence-corrected chi connectivity index (χ2v) is 7.68. The quantitative estimate of drug-likeness (QED) is 0.772. The first kappa shape index (κ1) is 19.2. The van der Waals surface area contributed by atoms with E-state index in [9.17, 15) is 9.59 Å². The number of Topliss-reactive ketones (excluding diaryl/α,β-unsaturated/α-hetero) is 1. The zero-order valence-electron chi connectivity index (χ0n) is 16.8. The van der Waals surface area contributed by atoms with Gasteiger partial charge in [0.15, 0.2) is 5.78 Å². The molecular formula is C25H25NO3. The van der Waals surface area contributed by atoms with Crippen molar-refractivity contribution < 1.29 is 14.3 Å². The van der Waals surface area contributed by atoms with E-state index in [2.05, 4.69) is 5.32 Å². The molecule has 2 aromatic rings. The SMILES string of the molecule is CC1=C(C(=O)OCc2ccccc2)[C@@H](c2ccccc2C)C2=C(CCCC2=O)N1. The Morgan fingerprint density at radius 3 is 2.52 bits per heavy atom. The molecule has 2 aromatic carbocycles. The third kappa shape index (κ3) is 3.75. The number of allylic oxidation sites excluding steroid dienone is 3. The molecule has 0 saturated heterocycles. The van der Waals surface area contributed by atoms with Crippen molar-refractivity contribution in [3.8, 4) is 0 Å². The fourth-order valence-corrected chi connectivity index (χ4v) is 4.28. The van der Waals surface area contributed by atoms with Gasteiger partial charge in [-0.15, -0.1) is 0 Å². The van der Waals surface area contributed by atoms with Crippen LogP contribution in [0.25, 0.3) is 0 Å². The van der Waals surface area contributed by atoms with E-state index in [0.29, 0.717) is 12.0 Å². The highest BCUT2D eigenvalue weighted by Gasteiger charge is 2.39. The van der Waals surface area contributed by atoms with Crippen LogP contribution in [0.1, 0.15) is 48.8 Å². The molecule has 4 nitrogen and oxygen atoms in total. The van der Waals surface area contributed by atoms with Gasteiger partial charge in [0.05, 0.1) is 5.57 Å².